The molecule has 1 aromatic rings. The second kappa shape index (κ2) is 6.18. The van der Waals surface area contributed by atoms with Gasteiger partial charge in [-0.05, 0) is 33.7 Å². The van der Waals surface area contributed by atoms with Gasteiger partial charge in [-0.15, -0.1) is 0 Å². The van der Waals surface area contributed by atoms with Crippen LogP contribution in [0.2, 0.25) is 0 Å². The zero-order chi connectivity index (χ0) is 12.1. The first-order valence-electron chi connectivity index (χ1n) is 5.72. The first-order valence-corrected chi connectivity index (χ1v) is 6.51. The van der Waals surface area contributed by atoms with Gasteiger partial charge in [-0.1, -0.05) is 27.7 Å². The van der Waals surface area contributed by atoms with Gasteiger partial charge in [-0.25, -0.2) is 9.97 Å². The third kappa shape index (κ3) is 4.08. The topological polar surface area (TPSA) is 37.8 Å². The molecule has 4 heteroatoms. The first-order chi connectivity index (χ1) is 7.50. The molecule has 1 aromatic heterocycles. The van der Waals surface area contributed by atoms with Gasteiger partial charge in [0.25, 0.3) is 0 Å². The minimum atomic E-state index is 0.661. The Kier molecular flexibility index (Phi) is 5.19. The Morgan fingerprint density at radius 2 is 1.81 bits per heavy atom. The maximum Gasteiger partial charge on any atom is 0.130 e. The molecule has 0 aliphatic rings. The lowest BCUT2D eigenvalue weighted by Crippen LogP contribution is -2.24. The summed E-state index contributed by atoms with van der Waals surface area (Å²) in [6.45, 7) is 10.0. The summed E-state index contributed by atoms with van der Waals surface area (Å²) in [5.74, 6) is 2.90. The molecule has 0 spiro atoms. The van der Waals surface area contributed by atoms with E-state index in [-0.39, 0.29) is 0 Å². The molecule has 0 atom stereocenters. The van der Waals surface area contributed by atoms with Gasteiger partial charge < -0.3 is 5.32 Å². The van der Waals surface area contributed by atoms with Crippen molar-refractivity contribution in [1.29, 1.82) is 0 Å². The molecule has 3 nitrogen and oxygen atoms in total. The summed E-state index contributed by atoms with van der Waals surface area (Å²) in [5.41, 5.74) is 0. The van der Waals surface area contributed by atoms with Gasteiger partial charge in [-0.3, -0.25) is 0 Å². The number of anilines is 1. The van der Waals surface area contributed by atoms with Crippen molar-refractivity contribution in [2.75, 3.05) is 11.9 Å². The van der Waals surface area contributed by atoms with Crippen LogP contribution in [0.25, 0.3) is 0 Å². The summed E-state index contributed by atoms with van der Waals surface area (Å²) >= 11 is 3.34. The number of nitrogens with one attached hydrogen (secondary N) is 1. The standard InChI is InChI=1S/C12H20BrN3/c1-8(2)10(9(3)4)6-14-12-5-11(13)15-7-16-12/h5,7-10H,6H2,1-4H3,(H,14,15,16). The highest BCUT2D eigenvalue weighted by Gasteiger charge is 2.17. The summed E-state index contributed by atoms with van der Waals surface area (Å²) in [5, 5.41) is 3.37. The van der Waals surface area contributed by atoms with E-state index in [0.717, 1.165) is 17.0 Å². The monoisotopic (exact) mass is 285 g/mol. The maximum absolute atomic E-state index is 4.18. The summed E-state index contributed by atoms with van der Waals surface area (Å²) < 4.78 is 0.815. The van der Waals surface area contributed by atoms with E-state index in [1.807, 2.05) is 6.07 Å². The summed E-state index contributed by atoms with van der Waals surface area (Å²) in [4.78, 5) is 8.18. The van der Waals surface area contributed by atoms with Gasteiger partial charge in [-0.2, -0.15) is 0 Å². The molecule has 1 rings (SSSR count). The molecule has 0 saturated carbocycles. The van der Waals surface area contributed by atoms with Gasteiger partial charge in [0.2, 0.25) is 0 Å². The summed E-state index contributed by atoms with van der Waals surface area (Å²) in [6, 6.07) is 1.90. The Bertz CT molecular complexity index is 318. The quantitative estimate of drug-likeness (QED) is 0.841. The molecular formula is C12H20BrN3. The van der Waals surface area contributed by atoms with Crippen molar-refractivity contribution >= 4 is 21.7 Å². The van der Waals surface area contributed by atoms with Gasteiger partial charge in [0.05, 0.1) is 0 Å². The minimum absolute atomic E-state index is 0.661. The number of hydrogen-bond acceptors (Lipinski definition) is 3. The third-order valence-corrected chi connectivity index (χ3v) is 3.30. The van der Waals surface area contributed by atoms with Gasteiger partial charge in [0.15, 0.2) is 0 Å². The number of rotatable bonds is 5. The first kappa shape index (κ1) is 13.4. The zero-order valence-corrected chi connectivity index (χ0v) is 12.0. The molecule has 1 N–H and O–H groups in total. The van der Waals surface area contributed by atoms with Crippen LogP contribution in [0.3, 0.4) is 0 Å². The lowest BCUT2D eigenvalue weighted by molar-refractivity contribution is 0.304. The Hall–Kier alpha value is -0.640. The van der Waals surface area contributed by atoms with Crippen molar-refractivity contribution in [1.82, 2.24) is 9.97 Å². The third-order valence-electron chi connectivity index (χ3n) is 2.87. The molecular weight excluding hydrogens is 266 g/mol. The van der Waals surface area contributed by atoms with Crippen molar-refractivity contribution in [2.45, 2.75) is 27.7 Å². The van der Waals surface area contributed by atoms with E-state index in [1.165, 1.54) is 0 Å². The van der Waals surface area contributed by atoms with E-state index in [9.17, 15) is 0 Å². The second-order valence-corrected chi connectivity index (χ2v) is 5.57. The molecule has 0 aromatic carbocycles. The van der Waals surface area contributed by atoms with E-state index in [2.05, 4.69) is 58.9 Å². The van der Waals surface area contributed by atoms with Gasteiger partial charge >= 0.3 is 0 Å². The number of halogens is 1. The van der Waals surface area contributed by atoms with Gasteiger partial charge in [0, 0.05) is 12.6 Å². The second-order valence-electron chi connectivity index (χ2n) is 4.76. The van der Waals surface area contributed by atoms with E-state index in [4.69, 9.17) is 0 Å². The summed E-state index contributed by atoms with van der Waals surface area (Å²) in [6.07, 6.45) is 1.56. The van der Waals surface area contributed by atoms with Crippen LogP contribution in [-0.2, 0) is 0 Å². The van der Waals surface area contributed by atoms with Crippen molar-refractivity contribution < 1.29 is 0 Å². The molecule has 0 radical (unpaired) electrons. The number of aromatic nitrogens is 2. The molecule has 90 valence electrons. The average molecular weight is 286 g/mol. The van der Waals surface area contributed by atoms with Crippen molar-refractivity contribution in [3.63, 3.8) is 0 Å². The van der Waals surface area contributed by atoms with Crippen molar-refractivity contribution in [3.8, 4) is 0 Å². The van der Waals surface area contributed by atoms with Crippen LogP contribution in [0.5, 0.6) is 0 Å². The fraction of sp³-hybridized carbons (Fsp3) is 0.667. The molecule has 0 aliphatic heterocycles. The van der Waals surface area contributed by atoms with Crippen LogP contribution in [0.1, 0.15) is 27.7 Å². The predicted molar refractivity (Wildman–Crippen MR) is 71.4 cm³/mol. The van der Waals surface area contributed by atoms with Crippen LogP contribution in [-0.4, -0.2) is 16.5 Å². The normalized spacial score (nSPS) is 11.5. The van der Waals surface area contributed by atoms with Crippen molar-refractivity contribution in [3.05, 3.63) is 17.0 Å². The van der Waals surface area contributed by atoms with E-state index < -0.39 is 0 Å². The van der Waals surface area contributed by atoms with E-state index >= 15 is 0 Å². The molecule has 0 fully saturated rings. The molecule has 0 saturated heterocycles. The van der Waals surface area contributed by atoms with Crippen LogP contribution in [0, 0.1) is 17.8 Å². The van der Waals surface area contributed by atoms with Crippen LogP contribution in [0.15, 0.2) is 17.0 Å². The number of hydrogen-bond donors (Lipinski definition) is 1. The lowest BCUT2D eigenvalue weighted by atomic mass is 9.85. The molecule has 0 unspecified atom stereocenters. The highest BCUT2D eigenvalue weighted by atomic mass is 79.9. The SMILES string of the molecule is CC(C)C(CNc1cc(Br)ncn1)C(C)C. The minimum Gasteiger partial charge on any atom is -0.370 e. The fourth-order valence-corrected chi connectivity index (χ4v) is 2.20. The Morgan fingerprint density at radius 1 is 1.19 bits per heavy atom. The highest BCUT2D eigenvalue weighted by Crippen LogP contribution is 2.21. The highest BCUT2D eigenvalue weighted by molar-refractivity contribution is 9.10. The van der Waals surface area contributed by atoms with Crippen LogP contribution < -0.4 is 5.32 Å². The maximum atomic E-state index is 4.18. The van der Waals surface area contributed by atoms with Crippen LogP contribution in [0.4, 0.5) is 5.82 Å². The number of nitrogens with zero attached hydrogens (tertiary/aromatic N) is 2. The smallest absolute Gasteiger partial charge is 0.130 e. The Morgan fingerprint density at radius 3 is 2.31 bits per heavy atom. The van der Waals surface area contributed by atoms with E-state index in [0.29, 0.717) is 17.8 Å². The largest absolute Gasteiger partial charge is 0.370 e. The predicted octanol–water partition coefficient (Wildman–Crippen LogP) is 3.58. The molecule has 16 heavy (non-hydrogen) atoms. The molecule has 1 heterocycles. The zero-order valence-electron chi connectivity index (χ0n) is 10.4. The molecule has 0 aliphatic carbocycles. The molecule has 0 bridgehead atoms. The van der Waals surface area contributed by atoms with Crippen LogP contribution >= 0.6 is 15.9 Å². The van der Waals surface area contributed by atoms with Crippen molar-refractivity contribution in [2.24, 2.45) is 17.8 Å². The fourth-order valence-electron chi connectivity index (χ4n) is 1.89. The average Bonchev–Trinajstić information content (AvgIpc) is 2.16. The van der Waals surface area contributed by atoms with E-state index in [1.54, 1.807) is 6.33 Å². The Balaban J connectivity index is 2.55. The lowest BCUT2D eigenvalue weighted by Gasteiger charge is -2.25. The Labute approximate surface area is 106 Å². The van der Waals surface area contributed by atoms with Gasteiger partial charge in [0.1, 0.15) is 16.7 Å². The molecule has 0 amide bonds. The summed E-state index contributed by atoms with van der Waals surface area (Å²) in [7, 11) is 0.